The zero-order valence-electron chi connectivity index (χ0n) is 8.03. The van der Waals surface area contributed by atoms with Gasteiger partial charge < -0.3 is 5.73 Å². The average molecular weight is 165 g/mol. The quantitative estimate of drug-likeness (QED) is 0.683. The smallest absolute Gasteiger partial charge is 0.00106 e. The van der Waals surface area contributed by atoms with Crippen LogP contribution >= 0.6 is 0 Å². The molecular formula is C11H19N. The van der Waals surface area contributed by atoms with Crippen LogP contribution in [0.4, 0.5) is 0 Å². The van der Waals surface area contributed by atoms with E-state index in [1.54, 1.807) is 0 Å². The Labute approximate surface area is 75.3 Å². The Morgan fingerprint density at radius 2 is 2.00 bits per heavy atom. The van der Waals surface area contributed by atoms with Gasteiger partial charge in [-0.15, -0.1) is 0 Å². The van der Waals surface area contributed by atoms with E-state index in [-0.39, 0.29) is 0 Å². The Balaban J connectivity index is 2.32. The first-order valence-corrected chi connectivity index (χ1v) is 4.80. The largest absolute Gasteiger partial charge is 0.328 e. The maximum Gasteiger partial charge on any atom is 0.00106 e. The van der Waals surface area contributed by atoms with Crippen molar-refractivity contribution in [3.8, 4) is 0 Å². The lowest BCUT2D eigenvalue weighted by Crippen LogP contribution is -2.18. The highest BCUT2D eigenvalue weighted by molar-refractivity contribution is 5.13. The number of hydrogen-bond acceptors (Lipinski definition) is 1. The molecule has 1 nitrogen and oxygen atoms in total. The first-order valence-electron chi connectivity index (χ1n) is 4.80. The number of rotatable bonds is 3. The maximum atomic E-state index is 5.71. The Kier molecular flexibility index (Phi) is 3.54. The van der Waals surface area contributed by atoms with Crippen molar-refractivity contribution < 1.29 is 0 Å². The number of allylic oxidation sites excluding steroid dienone is 4. The van der Waals surface area contributed by atoms with Gasteiger partial charge >= 0.3 is 0 Å². The molecule has 0 aromatic rings. The summed E-state index contributed by atoms with van der Waals surface area (Å²) in [6.45, 7) is 4.35. The van der Waals surface area contributed by atoms with Crippen LogP contribution < -0.4 is 5.73 Å². The molecule has 0 saturated heterocycles. The zero-order valence-corrected chi connectivity index (χ0v) is 8.03. The fourth-order valence-corrected chi connectivity index (χ4v) is 1.58. The first kappa shape index (κ1) is 9.53. The van der Waals surface area contributed by atoms with E-state index < -0.39 is 0 Å². The van der Waals surface area contributed by atoms with Gasteiger partial charge in [-0.3, -0.25) is 0 Å². The topological polar surface area (TPSA) is 26.0 Å². The summed E-state index contributed by atoms with van der Waals surface area (Å²) in [5, 5.41) is 0. The minimum Gasteiger partial charge on any atom is -0.328 e. The fraction of sp³-hybridized carbons (Fsp3) is 0.636. The molecule has 1 aliphatic rings. The Bertz CT molecular complexity index is 179. The molecular weight excluding hydrogens is 146 g/mol. The van der Waals surface area contributed by atoms with Crippen LogP contribution in [0.3, 0.4) is 0 Å². The van der Waals surface area contributed by atoms with Crippen molar-refractivity contribution in [2.45, 2.75) is 32.7 Å². The average Bonchev–Trinajstić information content (AvgIpc) is 2.03. The molecule has 12 heavy (non-hydrogen) atoms. The summed E-state index contributed by atoms with van der Waals surface area (Å²) in [7, 11) is 0. The molecule has 0 heterocycles. The minimum absolute atomic E-state index is 0.344. The third-order valence-corrected chi connectivity index (χ3v) is 2.51. The molecule has 3 atom stereocenters. The second-order valence-corrected chi connectivity index (χ2v) is 3.85. The molecule has 1 aliphatic carbocycles. The van der Waals surface area contributed by atoms with Gasteiger partial charge in [0.25, 0.3) is 0 Å². The van der Waals surface area contributed by atoms with Crippen LogP contribution in [0.15, 0.2) is 24.3 Å². The third-order valence-electron chi connectivity index (χ3n) is 2.51. The number of nitrogens with two attached hydrogens (primary N) is 1. The molecule has 68 valence electrons. The van der Waals surface area contributed by atoms with Crippen LogP contribution in [0.2, 0.25) is 0 Å². The molecule has 0 spiro atoms. The van der Waals surface area contributed by atoms with E-state index in [2.05, 4.69) is 38.2 Å². The third kappa shape index (κ3) is 2.82. The highest BCUT2D eigenvalue weighted by atomic mass is 14.6. The van der Waals surface area contributed by atoms with Crippen molar-refractivity contribution in [1.29, 1.82) is 0 Å². The van der Waals surface area contributed by atoms with Gasteiger partial charge in [0.2, 0.25) is 0 Å². The van der Waals surface area contributed by atoms with Crippen molar-refractivity contribution in [2.24, 2.45) is 17.6 Å². The molecule has 0 aromatic carbocycles. The highest BCUT2D eigenvalue weighted by Crippen LogP contribution is 2.23. The summed E-state index contributed by atoms with van der Waals surface area (Å²) in [5.74, 6) is 1.40. The molecule has 3 unspecified atom stereocenters. The van der Waals surface area contributed by atoms with Gasteiger partial charge in [-0.1, -0.05) is 31.2 Å². The van der Waals surface area contributed by atoms with Gasteiger partial charge in [0.05, 0.1) is 0 Å². The van der Waals surface area contributed by atoms with Crippen LogP contribution in [0, 0.1) is 11.8 Å². The summed E-state index contributed by atoms with van der Waals surface area (Å²) in [6.07, 6.45) is 11.2. The molecule has 2 N–H and O–H groups in total. The van der Waals surface area contributed by atoms with E-state index in [0.29, 0.717) is 17.9 Å². The molecule has 0 saturated carbocycles. The predicted molar refractivity (Wildman–Crippen MR) is 53.8 cm³/mol. The zero-order chi connectivity index (χ0) is 8.97. The van der Waals surface area contributed by atoms with Gasteiger partial charge in [-0.05, 0) is 31.6 Å². The van der Waals surface area contributed by atoms with Crippen LogP contribution in [0.25, 0.3) is 0 Å². The van der Waals surface area contributed by atoms with Crippen molar-refractivity contribution in [3.63, 3.8) is 0 Å². The van der Waals surface area contributed by atoms with E-state index in [0.717, 1.165) is 6.42 Å². The molecule has 0 radical (unpaired) electrons. The summed E-state index contributed by atoms with van der Waals surface area (Å²) >= 11 is 0. The van der Waals surface area contributed by atoms with Crippen LogP contribution in [0.5, 0.6) is 0 Å². The van der Waals surface area contributed by atoms with Gasteiger partial charge in [-0.25, -0.2) is 0 Å². The lowest BCUT2D eigenvalue weighted by molar-refractivity contribution is 0.438. The second kappa shape index (κ2) is 4.46. The van der Waals surface area contributed by atoms with E-state index in [4.69, 9.17) is 5.73 Å². The van der Waals surface area contributed by atoms with Crippen molar-refractivity contribution in [2.75, 3.05) is 0 Å². The molecule has 0 fully saturated rings. The lowest BCUT2D eigenvalue weighted by Gasteiger charge is -2.20. The second-order valence-electron chi connectivity index (χ2n) is 3.85. The van der Waals surface area contributed by atoms with Gasteiger partial charge in [0.15, 0.2) is 0 Å². The summed E-state index contributed by atoms with van der Waals surface area (Å²) in [4.78, 5) is 0. The minimum atomic E-state index is 0.344. The predicted octanol–water partition coefficient (Wildman–Crippen LogP) is 2.49. The molecule has 0 aromatic heterocycles. The summed E-state index contributed by atoms with van der Waals surface area (Å²) in [5.41, 5.74) is 5.71. The summed E-state index contributed by atoms with van der Waals surface area (Å²) in [6, 6.07) is 0.344. The molecule has 0 amide bonds. The normalized spacial score (nSPS) is 30.6. The summed E-state index contributed by atoms with van der Waals surface area (Å²) < 4.78 is 0. The van der Waals surface area contributed by atoms with Crippen LogP contribution in [0.1, 0.15) is 26.7 Å². The highest BCUT2D eigenvalue weighted by Gasteiger charge is 2.13. The van der Waals surface area contributed by atoms with Gasteiger partial charge in [-0.2, -0.15) is 0 Å². The van der Waals surface area contributed by atoms with E-state index in [1.807, 2.05) is 0 Å². The van der Waals surface area contributed by atoms with Crippen molar-refractivity contribution >= 4 is 0 Å². The Hall–Kier alpha value is -0.560. The SMILES string of the molecule is CC(N)CCC1C=CC=CC1C. The van der Waals surface area contributed by atoms with E-state index >= 15 is 0 Å². The van der Waals surface area contributed by atoms with E-state index in [1.165, 1.54) is 6.42 Å². The van der Waals surface area contributed by atoms with Crippen LogP contribution in [-0.2, 0) is 0 Å². The van der Waals surface area contributed by atoms with Crippen LogP contribution in [-0.4, -0.2) is 6.04 Å². The van der Waals surface area contributed by atoms with Crippen molar-refractivity contribution in [3.05, 3.63) is 24.3 Å². The maximum absolute atomic E-state index is 5.71. The molecule has 1 heteroatoms. The molecule has 0 aliphatic heterocycles. The first-order chi connectivity index (χ1) is 5.70. The Morgan fingerprint density at radius 1 is 1.33 bits per heavy atom. The molecule has 1 rings (SSSR count). The van der Waals surface area contributed by atoms with Gasteiger partial charge in [0.1, 0.15) is 0 Å². The van der Waals surface area contributed by atoms with E-state index in [9.17, 15) is 0 Å². The number of hydrogen-bond donors (Lipinski definition) is 1. The standard InChI is InChI=1S/C11H19N/c1-9-5-3-4-6-11(9)8-7-10(2)12/h3-6,9-11H,7-8,12H2,1-2H3. The Morgan fingerprint density at radius 3 is 2.58 bits per heavy atom. The van der Waals surface area contributed by atoms with Crippen molar-refractivity contribution in [1.82, 2.24) is 0 Å². The van der Waals surface area contributed by atoms with Gasteiger partial charge in [0, 0.05) is 6.04 Å². The lowest BCUT2D eigenvalue weighted by atomic mass is 9.86. The molecule has 0 bridgehead atoms. The fourth-order valence-electron chi connectivity index (χ4n) is 1.58. The monoisotopic (exact) mass is 165 g/mol.